The van der Waals surface area contributed by atoms with Gasteiger partial charge in [-0.05, 0) is 25.5 Å². The van der Waals surface area contributed by atoms with E-state index in [4.69, 9.17) is 10.6 Å². The Morgan fingerprint density at radius 2 is 2.05 bits per heavy atom. The molecular formula is C14H21N5O. The second-order valence-electron chi connectivity index (χ2n) is 4.45. The lowest BCUT2D eigenvalue weighted by Crippen LogP contribution is -2.39. The second kappa shape index (κ2) is 7.14. The fourth-order valence-corrected chi connectivity index (χ4v) is 2.27. The number of para-hydroxylation sites is 1. The number of ether oxygens (including phenoxy) is 1. The van der Waals surface area contributed by atoms with Crippen molar-refractivity contribution in [1.29, 1.82) is 0 Å². The monoisotopic (exact) mass is 275 g/mol. The van der Waals surface area contributed by atoms with Gasteiger partial charge in [-0.1, -0.05) is 30.3 Å². The average Bonchev–Trinajstić information content (AvgIpc) is 2.97. The zero-order valence-electron chi connectivity index (χ0n) is 11.9. The van der Waals surface area contributed by atoms with Gasteiger partial charge in [0.2, 0.25) is 0 Å². The molecule has 1 aromatic heterocycles. The summed E-state index contributed by atoms with van der Waals surface area (Å²) in [5.74, 6) is 5.72. The summed E-state index contributed by atoms with van der Waals surface area (Å²) in [6.45, 7) is 4.69. The number of nitrogens with two attached hydrogens (primary N) is 1. The van der Waals surface area contributed by atoms with Crippen LogP contribution in [0.2, 0.25) is 0 Å². The van der Waals surface area contributed by atoms with Crippen molar-refractivity contribution in [2.75, 3.05) is 6.61 Å². The Balaban J connectivity index is 2.34. The molecule has 0 spiro atoms. The molecule has 2 rings (SSSR count). The molecule has 1 aromatic carbocycles. The fourth-order valence-electron chi connectivity index (χ4n) is 2.27. The molecule has 0 aliphatic heterocycles. The van der Waals surface area contributed by atoms with Crippen molar-refractivity contribution >= 4 is 0 Å². The van der Waals surface area contributed by atoms with Crippen LogP contribution in [0.5, 0.6) is 0 Å². The van der Waals surface area contributed by atoms with Crippen molar-refractivity contribution < 1.29 is 4.74 Å². The van der Waals surface area contributed by atoms with Crippen LogP contribution >= 0.6 is 0 Å². The molecule has 0 bridgehead atoms. The van der Waals surface area contributed by atoms with Crippen LogP contribution in [-0.2, 0) is 4.74 Å². The Labute approximate surface area is 118 Å². The number of hydrogen-bond donors (Lipinski definition) is 2. The number of nitrogens with zero attached hydrogens (tertiary/aromatic N) is 3. The zero-order valence-corrected chi connectivity index (χ0v) is 11.9. The quantitative estimate of drug-likeness (QED) is 0.592. The van der Waals surface area contributed by atoms with Crippen LogP contribution in [0.25, 0.3) is 5.69 Å². The highest BCUT2D eigenvalue weighted by Gasteiger charge is 2.25. The second-order valence-corrected chi connectivity index (χ2v) is 4.45. The molecule has 2 unspecified atom stereocenters. The maximum Gasteiger partial charge on any atom is 0.0911 e. The smallest absolute Gasteiger partial charge is 0.0911 e. The van der Waals surface area contributed by atoms with Gasteiger partial charge in [-0.25, -0.2) is 10.1 Å². The molecule has 2 aromatic rings. The Hall–Kier alpha value is -1.76. The van der Waals surface area contributed by atoms with E-state index in [1.54, 1.807) is 10.9 Å². The summed E-state index contributed by atoms with van der Waals surface area (Å²) in [5.41, 5.74) is 4.66. The van der Waals surface area contributed by atoms with Crippen LogP contribution < -0.4 is 11.3 Å². The molecule has 0 aliphatic rings. The first kappa shape index (κ1) is 14.6. The van der Waals surface area contributed by atoms with Crippen LogP contribution in [0.1, 0.15) is 32.0 Å². The molecule has 0 saturated heterocycles. The molecule has 0 radical (unpaired) electrons. The summed E-state index contributed by atoms with van der Waals surface area (Å²) in [6.07, 6.45) is 2.55. The highest BCUT2D eigenvalue weighted by atomic mass is 16.5. The molecular weight excluding hydrogens is 254 g/mol. The molecule has 3 N–H and O–H groups in total. The number of nitrogens with one attached hydrogen (secondary N) is 1. The topological polar surface area (TPSA) is 78.0 Å². The third-order valence-electron chi connectivity index (χ3n) is 3.23. The number of hydrazine groups is 1. The average molecular weight is 275 g/mol. The van der Waals surface area contributed by atoms with E-state index < -0.39 is 0 Å². The summed E-state index contributed by atoms with van der Waals surface area (Å²) in [5, 5.41) is 8.15. The largest absolute Gasteiger partial charge is 0.376 e. The van der Waals surface area contributed by atoms with E-state index in [0.717, 1.165) is 17.8 Å². The van der Waals surface area contributed by atoms with Crippen molar-refractivity contribution in [2.45, 2.75) is 32.4 Å². The van der Waals surface area contributed by atoms with Gasteiger partial charge in [-0.3, -0.25) is 5.84 Å². The first-order valence-electron chi connectivity index (χ1n) is 6.85. The summed E-state index contributed by atoms with van der Waals surface area (Å²) in [6, 6.07) is 9.70. The predicted octanol–water partition coefficient (Wildman–Crippen LogP) is 1.59. The van der Waals surface area contributed by atoms with Gasteiger partial charge in [-0.2, -0.15) is 0 Å². The maximum absolute atomic E-state index is 5.75. The molecule has 0 fully saturated rings. The van der Waals surface area contributed by atoms with Crippen LogP contribution in [0, 0.1) is 0 Å². The molecule has 2 atom stereocenters. The van der Waals surface area contributed by atoms with Crippen molar-refractivity contribution in [2.24, 2.45) is 5.84 Å². The number of hydrogen-bond acceptors (Lipinski definition) is 5. The predicted molar refractivity (Wildman–Crippen MR) is 77.1 cm³/mol. The standard InChI is InChI=1S/C14H21N5O/c1-3-13(20-4-2)14(17-15)12-10-16-18-19(12)11-8-6-5-7-9-11/h5-10,13-14,17H,3-4,15H2,1-2H3. The van der Waals surface area contributed by atoms with Crippen molar-refractivity contribution in [3.8, 4) is 5.69 Å². The Morgan fingerprint density at radius 3 is 2.65 bits per heavy atom. The summed E-state index contributed by atoms with van der Waals surface area (Å²) >= 11 is 0. The first-order chi connectivity index (χ1) is 9.81. The minimum Gasteiger partial charge on any atom is -0.376 e. The van der Waals surface area contributed by atoms with Gasteiger partial charge < -0.3 is 4.74 Å². The molecule has 1 heterocycles. The first-order valence-corrected chi connectivity index (χ1v) is 6.85. The van der Waals surface area contributed by atoms with E-state index in [1.165, 1.54) is 0 Å². The normalized spacial score (nSPS) is 14.2. The third kappa shape index (κ3) is 3.04. The van der Waals surface area contributed by atoms with Crippen LogP contribution in [0.3, 0.4) is 0 Å². The highest BCUT2D eigenvalue weighted by molar-refractivity contribution is 5.32. The minimum atomic E-state index is -0.157. The van der Waals surface area contributed by atoms with Gasteiger partial charge in [0.15, 0.2) is 0 Å². The molecule has 0 amide bonds. The molecule has 6 nitrogen and oxygen atoms in total. The Morgan fingerprint density at radius 1 is 1.30 bits per heavy atom. The van der Waals surface area contributed by atoms with Crippen molar-refractivity contribution in [3.05, 3.63) is 42.2 Å². The van der Waals surface area contributed by atoms with E-state index in [0.29, 0.717) is 6.61 Å². The Bertz CT molecular complexity index is 513. The third-order valence-corrected chi connectivity index (χ3v) is 3.23. The van der Waals surface area contributed by atoms with E-state index >= 15 is 0 Å². The van der Waals surface area contributed by atoms with Gasteiger partial charge in [0, 0.05) is 6.61 Å². The fraction of sp³-hybridized carbons (Fsp3) is 0.429. The van der Waals surface area contributed by atoms with Crippen molar-refractivity contribution in [3.63, 3.8) is 0 Å². The van der Waals surface area contributed by atoms with Crippen molar-refractivity contribution in [1.82, 2.24) is 20.4 Å². The SMILES string of the molecule is CCOC(CC)C(NN)c1cnnn1-c1ccccc1. The number of aromatic nitrogens is 3. The van der Waals surface area contributed by atoms with E-state index in [1.807, 2.05) is 37.3 Å². The zero-order chi connectivity index (χ0) is 14.4. The van der Waals surface area contributed by atoms with Gasteiger partial charge in [-0.15, -0.1) is 5.10 Å². The van der Waals surface area contributed by atoms with Crippen LogP contribution in [0.4, 0.5) is 0 Å². The van der Waals surface area contributed by atoms with Gasteiger partial charge in [0.1, 0.15) is 0 Å². The lowest BCUT2D eigenvalue weighted by molar-refractivity contribution is 0.0297. The van der Waals surface area contributed by atoms with Crippen LogP contribution in [-0.4, -0.2) is 27.7 Å². The van der Waals surface area contributed by atoms with E-state index in [2.05, 4.69) is 22.7 Å². The molecule has 6 heteroatoms. The van der Waals surface area contributed by atoms with Gasteiger partial charge in [0.25, 0.3) is 0 Å². The highest BCUT2D eigenvalue weighted by Crippen LogP contribution is 2.22. The molecule has 20 heavy (non-hydrogen) atoms. The van der Waals surface area contributed by atoms with Gasteiger partial charge >= 0.3 is 0 Å². The minimum absolute atomic E-state index is 0.0223. The van der Waals surface area contributed by atoms with E-state index in [-0.39, 0.29) is 12.1 Å². The molecule has 0 aliphatic carbocycles. The van der Waals surface area contributed by atoms with Gasteiger partial charge in [0.05, 0.1) is 29.7 Å². The lowest BCUT2D eigenvalue weighted by atomic mass is 10.1. The summed E-state index contributed by atoms with van der Waals surface area (Å²) in [4.78, 5) is 0. The molecule has 0 saturated carbocycles. The maximum atomic E-state index is 5.75. The lowest BCUT2D eigenvalue weighted by Gasteiger charge is -2.25. The number of benzene rings is 1. The Kier molecular flexibility index (Phi) is 5.23. The van der Waals surface area contributed by atoms with Crippen LogP contribution in [0.15, 0.2) is 36.5 Å². The molecule has 108 valence electrons. The van der Waals surface area contributed by atoms with E-state index in [9.17, 15) is 0 Å². The summed E-state index contributed by atoms with van der Waals surface area (Å²) in [7, 11) is 0. The number of rotatable bonds is 7. The summed E-state index contributed by atoms with van der Waals surface area (Å²) < 4.78 is 7.53.